The first-order valence-electron chi connectivity index (χ1n) is 7.38. The van der Waals surface area contributed by atoms with Gasteiger partial charge in [-0.1, -0.05) is 12.8 Å². The molecule has 1 fully saturated rings. The van der Waals surface area contributed by atoms with Crippen LogP contribution in [0.1, 0.15) is 45.2 Å². The zero-order chi connectivity index (χ0) is 15.5. The molecule has 1 saturated heterocycles. The molecule has 1 atom stereocenters. The van der Waals surface area contributed by atoms with Crippen LogP contribution in [0.2, 0.25) is 0 Å². The van der Waals surface area contributed by atoms with E-state index in [1.54, 1.807) is 6.92 Å². The second kappa shape index (κ2) is 6.49. The maximum absolute atomic E-state index is 13.0. The summed E-state index contributed by atoms with van der Waals surface area (Å²) in [6.07, 6.45) is -0.294. The molecule has 0 bridgehead atoms. The first-order chi connectivity index (χ1) is 9.91. The Hall–Kier alpha value is -1.53. The van der Waals surface area contributed by atoms with Gasteiger partial charge in [0.25, 0.3) is 0 Å². The van der Waals surface area contributed by atoms with Crippen LogP contribution in [0.15, 0.2) is 6.07 Å². The molecule has 1 aromatic rings. The Kier molecular flexibility index (Phi) is 4.90. The summed E-state index contributed by atoms with van der Waals surface area (Å²) in [5.74, 6) is 0.404. The van der Waals surface area contributed by atoms with E-state index < -0.39 is 11.9 Å². The van der Waals surface area contributed by atoms with Crippen molar-refractivity contribution >= 4 is 11.8 Å². The number of hydrogen-bond acceptors (Lipinski definition) is 4. The first-order valence-corrected chi connectivity index (χ1v) is 7.38. The molecule has 0 radical (unpaired) electrons. The number of rotatable bonds is 3. The SMILES string of the molecule is CCNc1nc(N2CCCCCC2C)cc(C(F)(F)F)n1. The number of nitrogens with zero attached hydrogens (tertiary/aromatic N) is 3. The van der Waals surface area contributed by atoms with Crippen LogP contribution >= 0.6 is 0 Å². The van der Waals surface area contributed by atoms with Gasteiger partial charge in [0.1, 0.15) is 5.82 Å². The Morgan fingerprint density at radius 1 is 1.29 bits per heavy atom. The molecular weight excluding hydrogens is 281 g/mol. The highest BCUT2D eigenvalue weighted by molar-refractivity contribution is 5.46. The standard InChI is InChI=1S/C14H21F3N4/c1-3-18-13-19-11(14(15,16)17)9-12(20-13)21-8-6-4-5-7-10(21)2/h9-10H,3-8H2,1-2H3,(H,18,19,20). The van der Waals surface area contributed by atoms with Gasteiger partial charge in [-0.15, -0.1) is 0 Å². The second-order valence-electron chi connectivity index (χ2n) is 5.35. The van der Waals surface area contributed by atoms with Crippen LogP contribution in [0.25, 0.3) is 0 Å². The zero-order valence-electron chi connectivity index (χ0n) is 12.4. The fourth-order valence-electron chi connectivity index (χ4n) is 2.58. The van der Waals surface area contributed by atoms with Crippen molar-refractivity contribution in [2.45, 2.75) is 51.7 Å². The number of aromatic nitrogens is 2. The number of halogens is 3. The van der Waals surface area contributed by atoms with E-state index >= 15 is 0 Å². The quantitative estimate of drug-likeness (QED) is 0.924. The van der Waals surface area contributed by atoms with Crippen LogP contribution in [-0.2, 0) is 6.18 Å². The highest BCUT2D eigenvalue weighted by Gasteiger charge is 2.34. The van der Waals surface area contributed by atoms with E-state index in [4.69, 9.17) is 0 Å². The van der Waals surface area contributed by atoms with Crippen molar-refractivity contribution in [3.8, 4) is 0 Å². The molecule has 0 spiro atoms. The van der Waals surface area contributed by atoms with Gasteiger partial charge in [0.05, 0.1) is 0 Å². The highest BCUT2D eigenvalue weighted by atomic mass is 19.4. The smallest absolute Gasteiger partial charge is 0.354 e. The van der Waals surface area contributed by atoms with Gasteiger partial charge >= 0.3 is 6.18 Å². The minimum atomic E-state index is -4.46. The van der Waals surface area contributed by atoms with Crippen LogP contribution < -0.4 is 10.2 Å². The molecule has 1 aliphatic rings. The van der Waals surface area contributed by atoms with Crippen LogP contribution in [0.3, 0.4) is 0 Å². The van der Waals surface area contributed by atoms with Gasteiger partial charge in [-0.2, -0.15) is 18.2 Å². The van der Waals surface area contributed by atoms with Gasteiger partial charge in [0.15, 0.2) is 5.69 Å². The van der Waals surface area contributed by atoms with Gasteiger partial charge in [0.2, 0.25) is 5.95 Å². The highest BCUT2D eigenvalue weighted by Crippen LogP contribution is 2.32. The van der Waals surface area contributed by atoms with Crippen LogP contribution in [0, 0.1) is 0 Å². The summed E-state index contributed by atoms with van der Waals surface area (Å²) in [5.41, 5.74) is -0.889. The molecule has 1 aliphatic heterocycles. The molecule has 118 valence electrons. The predicted octanol–water partition coefficient (Wildman–Crippen LogP) is 3.70. The minimum Gasteiger partial charge on any atom is -0.354 e. The van der Waals surface area contributed by atoms with Gasteiger partial charge in [-0.3, -0.25) is 0 Å². The lowest BCUT2D eigenvalue weighted by atomic mass is 10.1. The molecule has 7 heteroatoms. The number of anilines is 2. The zero-order valence-corrected chi connectivity index (χ0v) is 12.4. The Balaban J connectivity index is 2.38. The summed E-state index contributed by atoms with van der Waals surface area (Å²) in [5, 5.41) is 2.78. The molecule has 21 heavy (non-hydrogen) atoms. The molecule has 0 aliphatic carbocycles. The molecule has 4 nitrogen and oxygen atoms in total. The average molecular weight is 302 g/mol. The van der Waals surface area contributed by atoms with E-state index in [9.17, 15) is 13.2 Å². The lowest BCUT2D eigenvalue weighted by Crippen LogP contribution is -2.33. The summed E-state index contributed by atoms with van der Waals surface area (Å²) in [4.78, 5) is 9.78. The van der Waals surface area contributed by atoms with Crippen molar-refractivity contribution in [2.75, 3.05) is 23.3 Å². The van der Waals surface area contributed by atoms with Crippen molar-refractivity contribution < 1.29 is 13.2 Å². The normalized spacial score (nSPS) is 20.2. The van der Waals surface area contributed by atoms with Crippen molar-refractivity contribution in [3.05, 3.63) is 11.8 Å². The topological polar surface area (TPSA) is 41.1 Å². The molecule has 2 rings (SSSR count). The van der Waals surface area contributed by atoms with Gasteiger partial charge in [0, 0.05) is 25.2 Å². The second-order valence-corrected chi connectivity index (χ2v) is 5.35. The fraction of sp³-hybridized carbons (Fsp3) is 0.714. The molecule has 2 heterocycles. The molecule has 0 saturated carbocycles. The van der Waals surface area contributed by atoms with E-state index in [0.29, 0.717) is 12.4 Å². The van der Waals surface area contributed by atoms with Gasteiger partial charge in [-0.25, -0.2) is 4.98 Å². The van der Waals surface area contributed by atoms with Crippen LogP contribution in [0.5, 0.6) is 0 Å². The molecule has 1 unspecified atom stereocenters. The van der Waals surface area contributed by atoms with E-state index in [1.807, 2.05) is 11.8 Å². The summed E-state index contributed by atoms with van der Waals surface area (Å²) < 4.78 is 39.0. The summed E-state index contributed by atoms with van der Waals surface area (Å²) in [7, 11) is 0. The number of hydrogen-bond donors (Lipinski definition) is 1. The predicted molar refractivity (Wildman–Crippen MR) is 76.5 cm³/mol. The Morgan fingerprint density at radius 2 is 2.05 bits per heavy atom. The lowest BCUT2D eigenvalue weighted by Gasteiger charge is -2.29. The van der Waals surface area contributed by atoms with E-state index in [-0.39, 0.29) is 12.0 Å². The number of nitrogens with one attached hydrogen (secondary N) is 1. The third-order valence-electron chi connectivity index (χ3n) is 3.69. The monoisotopic (exact) mass is 302 g/mol. The van der Waals surface area contributed by atoms with E-state index in [0.717, 1.165) is 38.3 Å². The largest absolute Gasteiger partial charge is 0.433 e. The molecular formula is C14H21F3N4. The summed E-state index contributed by atoms with van der Waals surface area (Å²) in [6, 6.07) is 1.25. The maximum atomic E-state index is 13.0. The van der Waals surface area contributed by atoms with Crippen LogP contribution in [0.4, 0.5) is 24.9 Å². The molecule has 1 aromatic heterocycles. The Bertz CT molecular complexity index is 476. The lowest BCUT2D eigenvalue weighted by molar-refractivity contribution is -0.141. The van der Waals surface area contributed by atoms with Crippen LogP contribution in [-0.4, -0.2) is 29.1 Å². The number of alkyl halides is 3. The van der Waals surface area contributed by atoms with Crippen molar-refractivity contribution in [1.82, 2.24) is 9.97 Å². The van der Waals surface area contributed by atoms with E-state index in [1.165, 1.54) is 0 Å². The first kappa shape index (κ1) is 15.9. The fourth-order valence-corrected chi connectivity index (χ4v) is 2.58. The van der Waals surface area contributed by atoms with Gasteiger partial charge < -0.3 is 10.2 Å². The third kappa shape index (κ3) is 3.98. The maximum Gasteiger partial charge on any atom is 0.433 e. The van der Waals surface area contributed by atoms with E-state index in [2.05, 4.69) is 15.3 Å². The summed E-state index contributed by atoms with van der Waals surface area (Å²) >= 11 is 0. The van der Waals surface area contributed by atoms with Crippen molar-refractivity contribution in [3.63, 3.8) is 0 Å². The van der Waals surface area contributed by atoms with Crippen molar-refractivity contribution in [2.24, 2.45) is 0 Å². The molecule has 1 N–H and O–H groups in total. The van der Waals surface area contributed by atoms with Gasteiger partial charge in [-0.05, 0) is 26.7 Å². The van der Waals surface area contributed by atoms with Crippen molar-refractivity contribution in [1.29, 1.82) is 0 Å². The Morgan fingerprint density at radius 3 is 2.71 bits per heavy atom. The average Bonchev–Trinajstić information content (AvgIpc) is 2.62. The Labute approximate surface area is 122 Å². The molecule has 0 amide bonds. The summed E-state index contributed by atoms with van der Waals surface area (Å²) in [6.45, 7) is 5.06. The minimum absolute atomic E-state index is 0.0405. The third-order valence-corrected chi connectivity index (χ3v) is 3.69. The molecule has 0 aromatic carbocycles.